The van der Waals surface area contributed by atoms with Gasteiger partial charge in [-0.05, 0) is 31.2 Å². The highest BCUT2D eigenvalue weighted by atomic mass is 35.5. The third kappa shape index (κ3) is 3.80. The van der Waals surface area contributed by atoms with Crippen molar-refractivity contribution in [2.45, 2.75) is 17.8 Å². The molecule has 0 fully saturated rings. The molecule has 0 aliphatic heterocycles. The van der Waals surface area contributed by atoms with Crippen molar-refractivity contribution in [2.24, 2.45) is 7.05 Å². The summed E-state index contributed by atoms with van der Waals surface area (Å²) in [5.41, 5.74) is 1.34. The van der Waals surface area contributed by atoms with Crippen LogP contribution in [-0.4, -0.2) is 21.4 Å². The molecule has 0 aliphatic rings. The van der Waals surface area contributed by atoms with Crippen molar-refractivity contribution >= 4 is 23.4 Å². The molecule has 0 unspecified atom stereocenters. The van der Waals surface area contributed by atoms with Crippen LogP contribution in [-0.2, 0) is 12.8 Å². The predicted octanol–water partition coefficient (Wildman–Crippen LogP) is 4.97. The van der Waals surface area contributed by atoms with Crippen LogP contribution in [0, 0.1) is 5.82 Å². The average molecular weight is 378 g/mol. The lowest BCUT2D eigenvalue weighted by atomic mass is 10.2. The highest BCUT2D eigenvalue weighted by Gasteiger charge is 2.16. The van der Waals surface area contributed by atoms with Gasteiger partial charge in [0.1, 0.15) is 11.6 Å². The Morgan fingerprint density at radius 1 is 1.16 bits per heavy atom. The van der Waals surface area contributed by atoms with Gasteiger partial charge in [-0.2, -0.15) is 0 Å². The van der Waals surface area contributed by atoms with Crippen molar-refractivity contribution in [1.29, 1.82) is 0 Å². The number of rotatable bonds is 6. The monoisotopic (exact) mass is 377 g/mol. The van der Waals surface area contributed by atoms with E-state index in [1.165, 1.54) is 17.8 Å². The van der Waals surface area contributed by atoms with Gasteiger partial charge in [0, 0.05) is 23.4 Å². The summed E-state index contributed by atoms with van der Waals surface area (Å²) in [6, 6.07) is 12.4. The van der Waals surface area contributed by atoms with E-state index < -0.39 is 0 Å². The summed E-state index contributed by atoms with van der Waals surface area (Å²) in [7, 11) is 1.88. The Labute approximate surface area is 155 Å². The molecule has 2 aromatic carbocycles. The van der Waals surface area contributed by atoms with Gasteiger partial charge in [0.2, 0.25) is 0 Å². The molecule has 1 heterocycles. The molecule has 0 spiro atoms. The molecule has 1 aromatic heterocycles. The van der Waals surface area contributed by atoms with Gasteiger partial charge in [-0.1, -0.05) is 41.6 Å². The van der Waals surface area contributed by atoms with Crippen LogP contribution in [0.4, 0.5) is 4.39 Å². The van der Waals surface area contributed by atoms with Crippen LogP contribution in [0.2, 0.25) is 5.02 Å². The molecule has 4 nitrogen and oxygen atoms in total. The fourth-order valence-corrected chi connectivity index (χ4v) is 3.67. The molecule has 7 heteroatoms. The fourth-order valence-electron chi connectivity index (χ4n) is 2.41. The first-order valence-corrected chi connectivity index (χ1v) is 9.15. The number of nitrogens with zero attached hydrogens (tertiary/aromatic N) is 3. The lowest BCUT2D eigenvalue weighted by molar-refractivity contribution is 0.341. The number of para-hydroxylation sites is 1. The number of benzene rings is 2. The van der Waals surface area contributed by atoms with E-state index in [1.54, 1.807) is 12.1 Å². The molecular formula is C18H17ClFN3OS. The average Bonchev–Trinajstić information content (AvgIpc) is 2.96. The van der Waals surface area contributed by atoms with Crippen LogP contribution >= 0.6 is 23.4 Å². The molecule has 25 heavy (non-hydrogen) atoms. The van der Waals surface area contributed by atoms with Gasteiger partial charge in [0.15, 0.2) is 11.0 Å². The Morgan fingerprint density at radius 2 is 1.96 bits per heavy atom. The minimum atomic E-state index is -0.316. The summed E-state index contributed by atoms with van der Waals surface area (Å²) in [5.74, 6) is 1.52. The summed E-state index contributed by atoms with van der Waals surface area (Å²) < 4.78 is 21.4. The van der Waals surface area contributed by atoms with Crippen LogP contribution in [0.25, 0.3) is 11.4 Å². The summed E-state index contributed by atoms with van der Waals surface area (Å²) >= 11 is 7.47. The molecule has 0 saturated heterocycles. The zero-order valence-corrected chi connectivity index (χ0v) is 15.4. The van der Waals surface area contributed by atoms with E-state index in [4.69, 9.17) is 16.3 Å². The third-order valence-electron chi connectivity index (χ3n) is 3.67. The number of ether oxygens (including phenoxy) is 1. The van der Waals surface area contributed by atoms with Crippen molar-refractivity contribution in [3.8, 4) is 17.1 Å². The Bertz CT molecular complexity index is 864. The van der Waals surface area contributed by atoms with Crippen molar-refractivity contribution in [3.63, 3.8) is 0 Å². The van der Waals surface area contributed by atoms with Crippen LogP contribution in [0.1, 0.15) is 12.5 Å². The number of hydrogen-bond donors (Lipinski definition) is 0. The number of halogens is 2. The van der Waals surface area contributed by atoms with Crippen molar-refractivity contribution in [1.82, 2.24) is 14.8 Å². The zero-order chi connectivity index (χ0) is 17.8. The van der Waals surface area contributed by atoms with Gasteiger partial charge in [-0.15, -0.1) is 10.2 Å². The normalized spacial score (nSPS) is 10.9. The lowest BCUT2D eigenvalue weighted by Crippen LogP contribution is -1.99. The van der Waals surface area contributed by atoms with Gasteiger partial charge in [0.05, 0.1) is 12.2 Å². The van der Waals surface area contributed by atoms with Gasteiger partial charge in [0.25, 0.3) is 0 Å². The largest absolute Gasteiger partial charge is 0.493 e. The summed E-state index contributed by atoms with van der Waals surface area (Å²) in [6.45, 7) is 2.51. The Morgan fingerprint density at radius 3 is 2.72 bits per heavy atom. The lowest BCUT2D eigenvalue weighted by Gasteiger charge is -2.10. The van der Waals surface area contributed by atoms with Gasteiger partial charge < -0.3 is 9.30 Å². The topological polar surface area (TPSA) is 39.9 Å². The van der Waals surface area contributed by atoms with Gasteiger partial charge >= 0.3 is 0 Å². The first-order chi connectivity index (χ1) is 12.1. The molecular weight excluding hydrogens is 361 g/mol. The molecule has 130 valence electrons. The predicted molar refractivity (Wildman–Crippen MR) is 98.6 cm³/mol. The summed E-state index contributed by atoms with van der Waals surface area (Å²) in [5, 5.41) is 9.59. The highest BCUT2D eigenvalue weighted by molar-refractivity contribution is 7.98. The summed E-state index contributed by atoms with van der Waals surface area (Å²) in [4.78, 5) is 0. The first kappa shape index (κ1) is 17.8. The Balaban J connectivity index is 1.85. The van der Waals surface area contributed by atoms with Gasteiger partial charge in [-0.3, -0.25) is 0 Å². The smallest absolute Gasteiger partial charge is 0.191 e. The minimum absolute atomic E-state index is 0.316. The molecule has 0 radical (unpaired) electrons. The van der Waals surface area contributed by atoms with E-state index in [9.17, 15) is 4.39 Å². The first-order valence-electron chi connectivity index (χ1n) is 7.79. The highest BCUT2D eigenvalue weighted by Crippen LogP contribution is 2.32. The van der Waals surface area contributed by atoms with Crippen LogP contribution < -0.4 is 4.74 Å². The molecule has 0 N–H and O–H groups in total. The van der Waals surface area contributed by atoms with E-state index in [1.807, 2.05) is 42.8 Å². The van der Waals surface area contributed by atoms with Crippen molar-refractivity contribution < 1.29 is 9.13 Å². The van der Waals surface area contributed by atoms with Gasteiger partial charge in [-0.25, -0.2) is 4.39 Å². The fraction of sp³-hybridized carbons (Fsp3) is 0.222. The number of aromatic nitrogens is 3. The molecule has 0 amide bonds. The van der Waals surface area contributed by atoms with Crippen molar-refractivity contribution in [3.05, 3.63) is 58.9 Å². The van der Waals surface area contributed by atoms with Crippen molar-refractivity contribution in [2.75, 3.05) is 6.61 Å². The van der Waals surface area contributed by atoms with Crippen LogP contribution in [0.3, 0.4) is 0 Å². The van der Waals surface area contributed by atoms with E-state index in [2.05, 4.69) is 10.2 Å². The maximum atomic E-state index is 13.9. The minimum Gasteiger partial charge on any atom is -0.493 e. The SMILES string of the molecule is CCOc1ccccc1-c1nnc(SCc2c(F)cccc2Cl)n1C. The molecule has 0 atom stereocenters. The maximum absolute atomic E-state index is 13.9. The number of thioether (sulfide) groups is 1. The third-order valence-corrected chi connectivity index (χ3v) is 5.07. The Hall–Kier alpha value is -2.05. The maximum Gasteiger partial charge on any atom is 0.191 e. The van der Waals surface area contributed by atoms with Crippen LogP contribution in [0.15, 0.2) is 47.6 Å². The molecule has 0 aliphatic carbocycles. The molecule has 0 bridgehead atoms. The number of hydrogen-bond acceptors (Lipinski definition) is 4. The second-order valence-corrected chi connectivity index (χ2v) is 6.63. The zero-order valence-electron chi connectivity index (χ0n) is 13.9. The quantitative estimate of drug-likeness (QED) is 0.569. The van der Waals surface area contributed by atoms with E-state index in [0.717, 1.165) is 11.3 Å². The van der Waals surface area contributed by atoms with E-state index in [0.29, 0.717) is 33.9 Å². The van der Waals surface area contributed by atoms with Crippen LogP contribution in [0.5, 0.6) is 5.75 Å². The van der Waals surface area contributed by atoms with E-state index in [-0.39, 0.29) is 5.82 Å². The molecule has 3 aromatic rings. The van der Waals surface area contributed by atoms with E-state index >= 15 is 0 Å². The second-order valence-electron chi connectivity index (χ2n) is 5.28. The Kier molecular flexibility index (Phi) is 5.60. The molecule has 3 rings (SSSR count). The second kappa shape index (κ2) is 7.89. The summed E-state index contributed by atoms with van der Waals surface area (Å²) in [6.07, 6.45) is 0. The standard InChI is InChI=1S/C18H17ClFN3OS/c1-3-24-16-10-5-4-7-12(16)17-21-22-18(23(17)2)25-11-13-14(19)8-6-9-15(13)20/h4-10H,3,11H2,1-2H3. The molecule has 0 saturated carbocycles.